The lowest BCUT2D eigenvalue weighted by Crippen LogP contribution is -2.19. The fourth-order valence-electron chi connectivity index (χ4n) is 1.57. The molecule has 0 amide bonds. The molecule has 2 aromatic rings. The van der Waals surface area contributed by atoms with Crippen molar-refractivity contribution in [2.75, 3.05) is 10.6 Å². The summed E-state index contributed by atoms with van der Waals surface area (Å²) in [5.41, 5.74) is 1.50. The largest absolute Gasteiger partial charge is 0.478 e. The van der Waals surface area contributed by atoms with Crippen molar-refractivity contribution >= 4 is 57.9 Å². The quantitative estimate of drug-likeness (QED) is 0.718. The van der Waals surface area contributed by atoms with Crippen molar-refractivity contribution in [2.24, 2.45) is 0 Å². The SMILES string of the molecule is O=C(O)c1ccc(NC(=S)Nc2ccc(Cl)cc2Cl)cc1. The molecule has 0 aromatic heterocycles. The summed E-state index contributed by atoms with van der Waals surface area (Å²) in [5, 5.41) is 16.0. The molecule has 108 valence electrons. The van der Waals surface area contributed by atoms with Crippen LogP contribution >= 0.6 is 35.4 Å². The standard InChI is InChI=1S/C14H10Cl2N2O2S/c15-9-3-6-12(11(16)7-9)18-14(21)17-10-4-1-8(2-5-10)13(19)20/h1-7H,(H,19,20)(H2,17,18,21). The Morgan fingerprint density at radius 2 is 1.71 bits per heavy atom. The van der Waals surface area contributed by atoms with Gasteiger partial charge in [-0.1, -0.05) is 23.2 Å². The van der Waals surface area contributed by atoms with Crippen molar-refractivity contribution < 1.29 is 9.90 Å². The van der Waals surface area contributed by atoms with Crippen LogP contribution in [0.4, 0.5) is 11.4 Å². The van der Waals surface area contributed by atoms with Gasteiger partial charge in [-0.05, 0) is 54.7 Å². The lowest BCUT2D eigenvalue weighted by atomic mass is 10.2. The van der Waals surface area contributed by atoms with E-state index in [1.54, 1.807) is 30.3 Å². The number of aromatic carboxylic acids is 1. The number of carbonyl (C=O) groups is 1. The van der Waals surface area contributed by atoms with E-state index in [2.05, 4.69) is 10.6 Å². The number of rotatable bonds is 3. The average molecular weight is 341 g/mol. The Kier molecular flexibility index (Phi) is 5.01. The number of hydrogen-bond donors (Lipinski definition) is 3. The first kappa shape index (κ1) is 15.6. The molecule has 0 aliphatic carbocycles. The van der Waals surface area contributed by atoms with Crippen LogP contribution in [0.3, 0.4) is 0 Å². The van der Waals surface area contributed by atoms with Crippen molar-refractivity contribution in [3.8, 4) is 0 Å². The molecule has 0 saturated heterocycles. The van der Waals surface area contributed by atoms with E-state index in [0.717, 1.165) is 0 Å². The van der Waals surface area contributed by atoms with Gasteiger partial charge in [-0.3, -0.25) is 0 Å². The van der Waals surface area contributed by atoms with Crippen LogP contribution < -0.4 is 10.6 Å². The Morgan fingerprint density at radius 3 is 2.29 bits per heavy atom. The summed E-state index contributed by atoms with van der Waals surface area (Å²) in [7, 11) is 0. The molecule has 21 heavy (non-hydrogen) atoms. The second-order valence-electron chi connectivity index (χ2n) is 4.09. The molecule has 3 N–H and O–H groups in total. The molecule has 0 bridgehead atoms. The molecule has 0 saturated carbocycles. The molecule has 0 atom stereocenters. The average Bonchev–Trinajstić information content (AvgIpc) is 2.42. The Morgan fingerprint density at radius 1 is 1.05 bits per heavy atom. The van der Waals surface area contributed by atoms with Crippen LogP contribution in [-0.2, 0) is 0 Å². The number of anilines is 2. The maximum absolute atomic E-state index is 10.8. The van der Waals surface area contributed by atoms with Crippen LogP contribution in [0.5, 0.6) is 0 Å². The molecule has 4 nitrogen and oxygen atoms in total. The minimum Gasteiger partial charge on any atom is -0.478 e. The van der Waals surface area contributed by atoms with Crippen molar-refractivity contribution in [3.63, 3.8) is 0 Å². The van der Waals surface area contributed by atoms with Crippen molar-refractivity contribution in [3.05, 3.63) is 58.1 Å². The third-order valence-electron chi connectivity index (χ3n) is 2.57. The first-order chi connectivity index (χ1) is 9.95. The first-order valence-corrected chi connectivity index (χ1v) is 6.98. The summed E-state index contributed by atoms with van der Waals surface area (Å²) < 4.78 is 0. The summed E-state index contributed by atoms with van der Waals surface area (Å²) in [6.45, 7) is 0. The topological polar surface area (TPSA) is 61.4 Å². The zero-order chi connectivity index (χ0) is 15.4. The lowest BCUT2D eigenvalue weighted by Gasteiger charge is -2.12. The van der Waals surface area contributed by atoms with E-state index in [4.69, 9.17) is 40.5 Å². The predicted molar refractivity (Wildman–Crippen MR) is 89.7 cm³/mol. The fraction of sp³-hybridized carbons (Fsp3) is 0. The van der Waals surface area contributed by atoms with Crippen molar-refractivity contribution in [1.29, 1.82) is 0 Å². The molecule has 2 rings (SSSR count). The summed E-state index contributed by atoms with van der Waals surface area (Å²) in [6.07, 6.45) is 0. The van der Waals surface area contributed by atoms with E-state index in [-0.39, 0.29) is 5.56 Å². The molecule has 0 fully saturated rings. The highest BCUT2D eigenvalue weighted by atomic mass is 35.5. The Bertz CT molecular complexity index is 690. The highest BCUT2D eigenvalue weighted by Crippen LogP contribution is 2.25. The molecule has 0 aliphatic heterocycles. The van der Waals surface area contributed by atoms with Gasteiger partial charge in [0, 0.05) is 10.7 Å². The van der Waals surface area contributed by atoms with Gasteiger partial charge in [0.15, 0.2) is 5.11 Å². The zero-order valence-electron chi connectivity index (χ0n) is 10.6. The normalized spacial score (nSPS) is 10.0. The molecular weight excluding hydrogens is 331 g/mol. The van der Waals surface area contributed by atoms with E-state index >= 15 is 0 Å². The number of thiocarbonyl (C=S) groups is 1. The molecule has 0 heterocycles. The van der Waals surface area contributed by atoms with E-state index in [1.165, 1.54) is 12.1 Å². The van der Waals surface area contributed by atoms with E-state index in [0.29, 0.717) is 26.5 Å². The first-order valence-electron chi connectivity index (χ1n) is 5.82. The van der Waals surface area contributed by atoms with Gasteiger partial charge < -0.3 is 15.7 Å². The summed E-state index contributed by atoms with van der Waals surface area (Å²) in [5.74, 6) is -0.977. The van der Waals surface area contributed by atoms with Crippen LogP contribution in [0.15, 0.2) is 42.5 Å². The van der Waals surface area contributed by atoms with Gasteiger partial charge in [0.1, 0.15) is 0 Å². The number of nitrogens with one attached hydrogen (secondary N) is 2. The fourth-order valence-corrected chi connectivity index (χ4v) is 2.26. The van der Waals surface area contributed by atoms with Crippen LogP contribution in [0.2, 0.25) is 10.0 Å². The molecule has 0 unspecified atom stereocenters. The third kappa shape index (κ3) is 4.32. The molecule has 7 heteroatoms. The summed E-state index contributed by atoms with van der Waals surface area (Å²) >= 11 is 17.0. The highest BCUT2D eigenvalue weighted by molar-refractivity contribution is 7.80. The Hall–Kier alpha value is -1.82. The molecule has 2 aromatic carbocycles. The van der Waals surface area contributed by atoms with E-state index in [9.17, 15) is 4.79 Å². The molecular formula is C14H10Cl2N2O2S. The second kappa shape index (κ2) is 6.76. The van der Waals surface area contributed by atoms with Crippen LogP contribution in [0, 0.1) is 0 Å². The number of halogens is 2. The number of benzene rings is 2. The number of carboxylic acids is 1. The second-order valence-corrected chi connectivity index (χ2v) is 5.34. The smallest absolute Gasteiger partial charge is 0.335 e. The molecule has 0 radical (unpaired) electrons. The van der Waals surface area contributed by atoms with E-state index < -0.39 is 5.97 Å². The molecule has 0 spiro atoms. The minimum absolute atomic E-state index is 0.208. The maximum atomic E-state index is 10.8. The van der Waals surface area contributed by atoms with Crippen LogP contribution in [-0.4, -0.2) is 16.2 Å². The monoisotopic (exact) mass is 340 g/mol. The van der Waals surface area contributed by atoms with Crippen LogP contribution in [0.1, 0.15) is 10.4 Å². The van der Waals surface area contributed by atoms with Crippen LogP contribution in [0.25, 0.3) is 0 Å². The highest BCUT2D eigenvalue weighted by Gasteiger charge is 2.05. The zero-order valence-corrected chi connectivity index (χ0v) is 12.9. The van der Waals surface area contributed by atoms with Gasteiger partial charge in [0.25, 0.3) is 0 Å². The van der Waals surface area contributed by atoms with E-state index in [1.807, 2.05) is 0 Å². The lowest BCUT2D eigenvalue weighted by molar-refractivity contribution is 0.0697. The van der Waals surface area contributed by atoms with Gasteiger partial charge >= 0.3 is 5.97 Å². The number of hydrogen-bond acceptors (Lipinski definition) is 2. The van der Waals surface area contributed by atoms with Gasteiger partial charge in [-0.25, -0.2) is 4.79 Å². The van der Waals surface area contributed by atoms with Gasteiger partial charge in [0.05, 0.1) is 16.3 Å². The van der Waals surface area contributed by atoms with Crippen molar-refractivity contribution in [2.45, 2.75) is 0 Å². The predicted octanol–water partition coefficient (Wildman–Crippen LogP) is 4.50. The maximum Gasteiger partial charge on any atom is 0.335 e. The summed E-state index contributed by atoms with van der Waals surface area (Å²) in [4.78, 5) is 10.8. The van der Waals surface area contributed by atoms with Gasteiger partial charge in [0.2, 0.25) is 0 Å². The molecule has 0 aliphatic rings. The minimum atomic E-state index is -0.977. The Labute approximate surface area is 136 Å². The third-order valence-corrected chi connectivity index (χ3v) is 3.32. The summed E-state index contributed by atoms with van der Waals surface area (Å²) in [6, 6.07) is 11.2. The van der Waals surface area contributed by atoms with Gasteiger partial charge in [-0.2, -0.15) is 0 Å². The van der Waals surface area contributed by atoms with Crippen molar-refractivity contribution in [1.82, 2.24) is 0 Å². The van der Waals surface area contributed by atoms with Gasteiger partial charge in [-0.15, -0.1) is 0 Å². The Balaban J connectivity index is 2.02. The number of carboxylic acid groups (broad SMARTS) is 1.